The number of hydrogen-bond acceptors (Lipinski definition) is 3. The molecule has 1 rings (SSSR count). The molecule has 0 spiro atoms. The van der Waals surface area contributed by atoms with Crippen molar-refractivity contribution >= 4 is 11.9 Å². The van der Waals surface area contributed by atoms with E-state index in [-0.39, 0.29) is 24.8 Å². The lowest BCUT2D eigenvalue weighted by molar-refractivity contribution is -0.142. The molecule has 1 atom stereocenters. The van der Waals surface area contributed by atoms with E-state index in [0.717, 1.165) is 0 Å². The Morgan fingerprint density at radius 2 is 2.05 bits per heavy atom. The van der Waals surface area contributed by atoms with Gasteiger partial charge in [-0.2, -0.15) is 0 Å². The number of benzene rings is 1. The third-order valence-corrected chi connectivity index (χ3v) is 3.20. The van der Waals surface area contributed by atoms with Gasteiger partial charge in [0.25, 0.3) is 0 Å². The van der Waals surface area contributed by atoms with Gasteiger partial charge in [0, 0.05) is 18.7 Å². The Balaban J connectivity index is 2.44. The molecule has 0 saturated heterocycles. The molecule has 5 nitrogen and oxygen atoms in total. The Morgan fingerprint density at radius 1 is 1.38 bits per heavy atom. The van der Waals surface area contributed by atoms with Gasteiger partial charge in [0.15, 0.2) is 0 Å². The highest BCUT2D eigenvalue weighted by molar-refractivity contribution is 5.78. The summed E-state index contributed by atoms with van der Waals surface area (Å²) in [6.45, 7) is 4.56. The van der Waals surface area contributed by atoms with Gasteiger partial charge >= 0.3 is 5.97 Å². The van der Waals surface area contributed by atoms with E-state index >= 15 is 0 Å². The molecule has 1 amide bonds. The highest BCUT2D eigenvalue weighted by Crippen LogP contribution is 2.05. The molecule has 6 heteroatoms. The van der Waals surface area contributed by atoms with Crippen LogP contribution >= 0.6 is 0 Å². The van der Waals surface area contributed by atoms with Crippen LogP contribution < -0.4 is 5.32 Å². The van der Waals surface area contributed by atoms with Crippen molar-refractivity contribution in [2.24, 2.45) is 5.92 Å². The summed E-state index contributed by atoms with van der Waals surface area (Å²) in [5.74, 6) is -2.04. The Labute approximate surface area is 123 Å². The van der Waals surface area contributed by atoms with Crippen LogP contribution in [0.3, 0.4) is 0 Å². The van der Waals surface area contributed by atoms with Crippen molar-refractivity contribution in [3.05, 3.63) is 35.6 Å². The number of carbonyl (C=O) groups excluding carboxylic acids is 1. The van der Waals surface area contributed by atoms with Crippen molar-refractivity contribution in [2.45, 2.75) is 20.4 Å². The SMILES string of the molecule is CCN(CC(=O)NCc1ccccc1F)CC(C)C(=O)O. The van der Waals surface area contributed by atoms with Crippen LogP contribution in [0, 0.1) is 11.7 Å². The monoisotopic (exact) mass is 296 g/mol. The lowest BCUT2D eigenvalue weighted by Crippen LogP contribution is -2.40. The van der Waals surface area contributed by atoms with Gasteiger partial charge < -0.3 is 10.4 Å². The van der Waals surface area contributed by atoms with Crippen molar-refractivity contribution in [1.82, 2.24) is 10.2 Å². The number of halogens is 1. The fourth-order valence-corrected chi connectivity index (χ4v) is 1.87. The van der Waals surface area contributed by atoms with Gasteiger partial charge in [-0.25, -0.2) is 4.39 Å². The molecule has 0 fully saturated rings. The zero-order chi connectivity index (χ0) is 15.8. The first-order chi connectivity index (χ1) is 9.93. The Bertz CT molecular complexity index is 494. The largest absolute Gasteiger partial charge is 0.481 e. The number of nitrogens with one attached hydrogen (secondary N) is 1. The number of carboxylic acids is 1. The molecule has 116 valence electrons. The second kappa shape index (κ2) is 8.36. The molecular formula is C15H21FN2O3. The van der Waals surface area contributed by atoms with Crippen LogP contribution in [0.4, 0.5) is 4.39 Å². The van der Waals surface area contributed by atoms with Gasteiger partial charge in [0.05, 0.1) is 12.5 Å². The van der Waals surface area contributed by atoms with E-state index in [2.05, 4.69) is 5.32 Å². The summed E-state index contributed by atoms with van der Waals surface area (Å²) in [6.07, 6.45) is 0. The van der Waals surface area contributed by atoms with Crippen molar-refractivity contribution < 1.29 is 19.1 Å². The number of carbonyl (C=O) groups is 2. The fraction of sp³-hybridized carbons (Fsp3) is 0.467. The summed E-state index contributed by atoms with van der Waals surface area (Å²) in [7, 11) is 0. The molecule has 21 heavy (non-hydrogen) atoms. The highest BCUT2D eigenvalue weighted by atomic mass is 19.1. The summed E-state index contributed by atoms with van der Waals surface area (Å²) < 4.78 is 13.4. The van der Waals surface area contributed by atoms with Gasteiger partial charge in [-0.3, -0.25) is 14.5 Å². The second-order valence-electron chi connectivity index (χ2n) is 4.94. The quantitative estimate of drug-likeness (QED) is 0.762. The Hall–Kier alpha value is -1.95. The maximum Gasteiger partial charge on any atom is 0.307 e. The van der Waals surface area contributed by atoms with Crippen molar-refractivity contribution in [1.29, 1.82) is 0 Å². The van der Waals surface area contributed by atoms with Gasteiger partial charge in [0.2, 0.25) is 5.91 Å². The van der Waals surface area contributed by atoms with E-state index in [0.29, 0.717) is 18.7 Å². The molecule has 1 unspecified atom stereocenters. The van der Waals surface area contributed by atoms with Crippen LogP contribution in [-0.2, 0) is 16.1 Å². The number of hydrogen-bond donors (Lipinski definition) is 2. The van der Waals surface area contributed by atoms with Gasteiger partial charge in [0.1, 0.15) is 5.82 Å². The maximum atomic E-state index is 13.4. The normalized spacial score (nSPS) is 12.2. The topological polar surface area (TPSA) is 69.6 Å². The van der Waals surface area contributed by atoms with Crippen LogP contribution in [0.1, 0.15) is 19.4 Å². The first-order valence-corrected chi connectivity index (χ1v) is 6.89. The van der Waals surface area contributed by atoms with E-state index in [4.69, 9.17) is 5.11 Å². The van der Waals surface area contributed by atoms with Gasteiger partial charge in [-0.1, -0.05) is 32.0 Å². The van der Waals surface area contributed by atoms with Crippen LogP contribution in [0.5, 0.6) is 0 Å². The van der Waals surface area contributed by atoms with Crippen molar-refractivity contribution in [3.63, 3.8) is 0 Å². The zero-order valence-electron chi connectivity index (χ0n) is 12.3. The molecule has 0 bridgehead atoms. The molecule has 0 aliphatic heterocycles. The van der Waals surface area contributed by atoms with Crippen LogP contribution in [0.2, 0.25) is 0 Å². The summed E-state index contributed by atoms with van der Waals surface area (Å²) in [4.78, 5) is 24.4. The van der Waals surface area contributed by atoms with E-state index in [9.17, 15) is 14.0 Å². The van der Waals surface area contributed by atoms with Gasteiger partial charge in [-0.05, 0) is 12.6 Å². The van der Waals surface area contributed by atoms with Crippen LogP contribution in [0.25, 0.3) is 0 Å². The standard InChI is InChI=1S/C15H21FN2O3/c1-3-18(9-11(2)15(20)21)10-14(19)17-8-12-6-4-5-7-13(12)16/h4-7,11H,3,8-10H2,1-2H3,(H,17,19)(H,20,21). The Morgan fingerprint density at radius 3 is 2.62 bits per heavy atom. The average molecular weight is 296 g/mol. The van der Waals surface area contributed by atoms with Crippen LogP contribution in [-0.4, -0.2) is 41.5 Å². The molecule has 1 aromatic carbocycles. The first kappa shape index (κ1) is 17.1. The van der Waals surface area contributed by atoms with E-state index in [1.165, 1.54) is 6.07 Å². The smallest absolute Gasteiger partial charge is 0.307 e. The predicted molar refractivity (Wildman–Crippen MR) is 77.2 cm³/mol. The minimum Gasteiger partial charge on any atom is -0.481 e. The fourth-order valence-electron chi connectivity index (χ4n) is 1.87. The molecule has 1 aromatic rings. The predicted octanol–water partition coefficient (Wildman–Crippen LogP) is 1.48. The number of carboxylic acid groups (broad SMARTS) is 1. The number of rotatable bonds is 8. The summed E-state index contributed by atoms with van der Waals surface area (Å²) in [5.41, 5.74) is 0.424. The molecule has 0 heterocycles. The third kappa shape index (κ3) is 5.91. The second-order valence-corrected chi connectivity index (χ2v) is 4.94. The first-order valence-electron chi connectivity index (χ1n) is 6.89. The number of aliphatic carboxylic acids is 1. The minimum atomic E-state index is -0.889. The Kier molecular flexibility index (Phi) is 6.81. The van der Waals surface area contributed by atoms with Crippen LogP contribution in [0.15, 0.2) is 24.3 Å². The lowest BCUT2D eigenvalue weighted by Gasteiger charge is -2.21. The molecule has 2 N–H and O–H groups in total. The number of amides is 1. The van der Waals surface area contributed by atoms with E-state index in [1.54, 1.807) is 30.0 Å². The highest BCUT2D eigenvalue weighted by Gasteiger charge is 2.17. The van der Waals surface area contributed by atoms with Crippen molar-refractivity contribution in [3.8, 4) is 0 Å². The summed E-state index contributed by atoms with van der Waals surface area (Å²) in [6, 6.07) is 6.25. The lowest BCUT2D eigenvalue weighted by atomic mass is 10.1. The van der Waals surface area contributed by atoms with Gasteiger partial charge in [-0.15, -0.1) is 0 Å². The zero-order valence-corrected chi connectivity index (χ0v) is 12.3. The number of nitrogens with zero attached hydrogens (tertiary/aromatic N) is 1. The third-order valence-electron chi connectivity index (χ3n) is 3.20. The molecule has 0 aliphatic rings. The summed E-state index contributed by atoms with van der Waals surface area (Å²) in [5, 5.41) is 11.5. The molecule has 0 radical (unpaired) electrons. The average Bonchev–Trinajstić information content (AvgIpc) is 2.45. The van der Waals surface area contributed by atoms with E-state index in [1.807, 2.05) is 6.92 Å². The van der Waals surface area contributed by atoms with Crippen molar-refractivity contribution in [2.75, 3.05) is 19.6 Å². The summed E-state index contributed by atoms with van der Waals surface area (Å²) >= 11 is 0. The molecule has 0 aromatic heterocycles. The number of likely N-dealkylation sites (N-methyl/N-ethyl adjacent to an activating group) is 1. The molecular weight excluding hydrogens is 275 g/mol. The molecule has 0 saturated carbocycles. The van der Waals surface area contributed by atoms with E-state index < -0.39 is 11.9 Å². The maximum absolute atomic E-state index is 13.4. The molecule has 0 aliphatic carbocycles. The minimum absolute atomic E-state index is 0.0998.